The summed E-state index contributed by atoms with van der Waals surface area (Å²) in [5.41, 5.74) is 5.93. The minimum absolute atomic E-state index is 0.00287. The van der Waals surface area contributed by atoms with E-state index in [1.165, 1.54) is 18.2 Å². The summed E-state index contributed by atoms with van der Waals surface area (Å²) in [5, 5.41) is 0.709. The number of nitrogen functional groups attached to an aromatic ring is 1. The molecule has 1 aromatic rings. The maximum absolute atomic E-state index is 12.3. The molecule has 2 rings (SSSR count). The molecule has 1 aromatic carbocycles. The zero-order valence-corrected chi connectivity index (χ0v) is 13.0. The summed E-state index contributed by atoms with van der Waals surface area (Å²) in [7, 11) is -3.53. The van der Waals surface area contributed by atoms with Crippen molar-refractivity contribution in [2.75, 3.05) is 12.0 Å². The van der Waals surface area contributed by atoms with Gasteiger partial charge in [0.05, 0.1) is 15.6 Å². The van der Waals surface area contributed by atoms with Gasteiger partial charge in [-0.1, -0.05) is 18.0 Å². The molecule has 1 aliphatic carbocycles. The number of thioether (sulfide) groups is 1. The molecule has 0 saturated heterocycles. The van der Waals surface area contributed by atoms with Crippen LogP contribution in [0.4, 0.5) is 5.69 Å². The van der Waals surface area contributed by atoms with E-state index < -0.39 is 10.0 Å². The van der Waals surface area contributed by atoms with Gasteiger partial charge in [-0.25, -0.2) is 13.1 Å². The Kier molecular flexibility index (Phi) is 4.66. The van der Waals surface area contributed by atoms with Gasteiger partial charge in [-0.2, -0.15) is 11.8 Å². The number of hydrogen-bond donors (Lipinski definition) is 2. The van der Waals surface area contributed by atoms with E-state index >= 15 is 0 Å². The monoisotopic (exact) mass is 320 g/mol. The molecule has 2 unspecified atom stereocenters. The Morgan fingerprint density at radius 3 is 2.79 bits per heavy atom. The fraction of sp³-hybridized carbons (Fsp3) is 0.500. The Bertz CT molecular complexity index is 563. The van der Waals surface area contributed by atoms with E-state index in [2.05, 4.69) is 4.72 Å². The maximum atomic E-state index is 12.3. The molecule has 3 N–H and O–H groups in total. The molecule has 0 aliphatic heterocycles. The van der Waals surface area contributed by atoms with Crippen LogP contribution in [-0.4, -0.2) is 26.0 Å². The van der Waals surface area contributed by atoms with Gasteiger partial charge in [0.25, 0.3) is 0 Å². The van der Waals surface area contributed by atoms with Crippen molar-refractivity contribution in [3.63, 3.8) is 0 Å². The molecule has 1 saturated carbocycles. The molecule has 7 heteroatoms. The molecule has 0 amide bonds. The molecular formula is C12H17ClN2O2S2. The molecule has 1 aliphatic rings. The molecule has 19 heavy (non-hydrogen) atoms. The smallest absolute Gasteiger partial charge is 0.240 e. The molecule has 0 aromatic heterocycles. The summed E-state index contributed by atoms with van der Waals surface area (Å²) in [5.74, 6) is 0. The van der Waals surface area contributed by atoms with E-state index in [0.717, 1.165) is 19.3 Å². The third-order valence-corrected chi connectivity index (χ3v) is 6.34. The van der Waals surface area contributed by atoms with Gasteiger partial charge in [0.1, 0.15) is 0 Å². The molecular weight excluding hydrogens is 304 g/mol. The minimum atomic E-state index is -3.53. The van der Waals surface area contributed by atoms with Crippen molar-refractivity contribution in [1.29, 1.82) is 0 Å². The normalized spacial score (nSPS) is 23.7. The first-order chi connectivity index (χ1) is 8.94. The molecule has 0 heterocycles. The molecule has 0 spiro atoms. The Morgan fingerprint density at radius 1 is 1.42 bits per heavy atom. The van der Waals surface area contributed by atoms with Crippen molar-refractivity contribution in [3.8, 4) is 0 Å². The average molecular weight is 321 g/mol. The van der Waals surface area contributed by atoms with Crippen LogP contribution in [-0.2, 0) is 10.0 Å². The van der Waals surface area contributed by atoms with Gasteiger partial charge in [-0.05, 0) is 37.3 Å². The van der Waals surface area contributed by atoms with Crippen molar-refractivity contribution in [2.24, 2.45) is 0 Å². The number of sulfonamides is 1. The summed E-state index contributed by atoms with van der Waals surface area (Å²) in [6, 6.07) is 4.38. The second-order valence-corrected chi connectivity index (χ2v) is 7.81. The topological polar surface area (TPSA) is 72.2 Å². The summed E-state index contributed by atoms with van der Waals surface area (Å²) in [4.78, 5) is 0.168. The van der Waals surface area contributed by atoms with Gasteiger partial charge >= 0.3 is 0 Å². The molecule has 1 fully saturated rings. The van der Waals surface area contributed by atoms with E-state index in [9.17, 15) is 8.42 Å². The van der Waals surface area contributed by atoms with Crippen LogP contribution in [0.5, 0.6) is 0 Å². The number of benzene rings is 1. The zero-order valence-electron chi connectivity index (χ0n) is 10.6. The highest BCUT2D eigenvalue weighted by molar-refractivity contribution is 7.99. The number of halogens is 1. The van der Waals surface area contributed by atoms with Crippen LogP contribution in [0.15, 0.2) is 23.1 Å². The predicted octanol–water partition coefficient (Wildman–Crippen LogP) is 2.48. The van der Waals surface area contributed by atoms with Crippen LogP contribution < -0.4 is 10.5 Å². The molecule has 0 radical (unpaired) electrons. The van der Waals surface area contributed by atoms with Crippen LogP contribution in [0, 0.1) is 0 Å². The Hall–Kier alpha value is -0.430. The summed E-state index contributed by atoms with van der Waals surface area (Å²) >= 11 is 7.51. The second kappa shape index (κ2) is 5.91. The van der Waals surface area contributed by atoms with E-state index in [4.69, 9.17) is 17.3 Å². The van der Waals surface area contributed by atoms with Crippen LogP contribution >= 0.6 is 23.4 Å². The first-order valence-electron chi connectivity index (χ1n) is 6.04. The lowest BCUT2D eigenvalue weighted by Crippen LogP contribution is -2.38. The van der Waals surface area contributed by atoms with E-state index in [1.54, 1.807) is 11.8 Å². The van der Waals surface area contributed by atoms with Crippen LogP contribution in [0.3, 0.4) is 0 Å². The van der Waals surface area contributed by atoms with Crippen LogP contribution in [0.25, 0.3) is 0 Å². The van der Waals surface area contributed by atoms with Gasteiger partial charge in [-0.3, -0.25) is 0 Å². The third kappa shape index (κ3) is 3.37. The Labute approximate surface area is 123 Å². The minimum Gasteiger partial charge on any atom is -0.397 e. The van der Waals surface area contributed by atoms with Crippen LogP contribution in [0.2, 0.25) is 5.02 Å². The lowest BCUT2D eigenvalue weighted by Gasteiger charge is -2.19. The standard InChI is InChI=1S/C12H17ClN2O2S2/c1-18-12-4-2-3-11(12)15-19(16,17)8-5-6-9(13)10(14)7-8/h5-7,11-12,15H,2-4,14H2,1H3. The van der Waals surface area contributed by atoms with Crippen molar-refractivity contribution in [3.05, 3.63) is 23.2 Å². The lowest BCUT2D eigenvalue weighted by molar-refractivity contribution is 0.555. The number of nitrogens with two attached hydrogens (primary N) is 1. The van der Waals surface area contributed by atoms with E-state index in [-0.39, 0.29) is 16.6 Å². The third-order valence-electron chi connectivity index (χ3n) is 3.34. The fourth-order valence-corrected chi connectivity index (χ4v) is 4.78. The van der Waals surface area contributed by atoms with Crippen molar-refractivity contribution >= 4 is 39.1 Å². The number of hydrogen-bond acceptors (Lipinski definition) is 4. The summed E-state index contributed by atoms with van der Waals surface area (Å²) in [6.07, 6.45) is 5.00. The quantitative estimate of drug-likeness (QED) is 0.836. The largest absolute Gasteiger partial charge is 0.397 e. The van der Waals surface area contributed by atoms with E-state index in [0.29, 0.717) is 10.3 Å². The van der Waals surface area contributed by atoms with E-state index in [1.807, 2.05) is 6.26 Å². The number of rotatable bonds is 4. The number of anilines is 1. The lowest BCUT2D eigenvalue weighted by atomic mass is 10.3. The predicted molar refractivity (Wildman–Crippen MR) is 81.1 cm³/mol. The number of nitrogens with one attached hydrogen (secondary N) is 1. The Morgan fingerprint density at radius 2 is 2.16 bits per heavy atom. The van der Waals surface area contributed by atoms with Gasteiger partial charge in [-0.15, -0.1) is 0 Å². The second-order valence-electron chi connectivity index (χ2n) is 4.62. The highest BCUT2D eigenvalue weighted by atomic mass is 35.5. The van der Waals surface area contributed by atoms with Gasteiger partial charge in [0, 0.05) is 11.3 Å². The SMILES string of the molecule is CSC1CCCC1NS(=O)(=O)c1ccc(Cl)c(N)c1. The summed E-state index contributed by atoms with van der Waals surface area (Å²) < 4.78 is 27.4. The van der Waals surface area contributed by atoms with Crippen molar-refractivity contribution < 1.29 is 8.42 Å². The van der Waals surface area contributed by atoms with Gasteiger partial charge < -0.3 is 5.73 Å². The Balaban J connectivity index is 2.20. The van der Waals surface area contributed by atoms with Crippen molar-refractivity contribution in [2.45, 2.75) is 35.4 Å². The first-order valence-corrected chi connectivity index (χ1v) is 9.19. The zero-order chi connectivity index (χ0) is 14.0. The van der Waals surface area contributed by atoms with Gasteiger partial charge in [0.2, 0.25) is 10.0 Å². The highest BCUT2D eigenvalue weighted by Crippen LogP contribution is 2.30. The summed E-state index contributed by atoms with van der Waals surface area (Å²) in [6.45, 7) is 0. The highest BCUT2D eigenvalue weighted by Gasteiger charge is 2.30. The average Bonchev–Trinajstić information content (AvgIpc) is 2.79. The van der Waals surface area contributed by atoms with Gasteiger partial charge in [0.15, 0.2) is 0 Å². The maximum Gasteiger partial charge on any atom is 0.240 e. The first kappa shape index (κ1) is 15.0. The van der Waals surface area contributed by atoms with Crippen LogP contribution in [0.1, 0.15) is 19.3 Å². The van der Waals surface area contributed by atoms with Crippen molar-refractivity contribution in [1.82, 2.24) is 4.72 Å². The molecule has 0 bridgehead atoms. The molecule has 2 atom stereocenters. The fourth-order valence-electron chi connectivity index (χ4n) is 2.30. The molecule has 4 nitrogen and oxygen atoms in total. The molecule has 106 valence electrons.